The third-order valence-electron chi connectivity index (χ3n) is 5.12. The number of carbonyl (C=O) groups excluding carboxylic acids is 1. The lowest BCUT2D eigenvalue weighted by Crippen LogP contribution is -2.32. The zero-order valence-corrected chi connectivity index (χ0v) is 18.7. The van der Waals surface area contributed by atoms with Crippen molar-refractivity contribution in [3.63, 3.8) is 0 Å². The van der Waals surface area contributed by atoms with Crippen LogP contribution in [0.5, 0.6) is 5.75 Å². The lowest BCUT2D eigenvalue weighted by molar-refractivity contribution is -0.149. The van der Waals surface area contributed by atoms with E-state index in [9.17, 15) is 19.8 Å². The molecule has 35 heavy (non-hydrogen) atoms. The Hall–Kier alpha value is -4.08. The van der Waals surface area contributed by atoms with Gasteiger partial charge in [-0.05, 0) is 11.1 Å². The highest BCUT2D eigenvalue weighted by Crippen LogP contribution is 2.29. The van der Waals surface area contributed by atoms with E-state index in [0.717, 1.165) is 11.1 Å². The molecule has 2 heterocycles. The Kier molecular flexibility index (Phi) is 7.81. The second-order valence-corrected chi connectivity index (χ2v) is 7.68. The quantitative estimate of drug-likeness (QED) is 0.398. The van der Waals surface area contributed by atoms with Crippen LogP contribution in [0.1, 0.15) is 16.9 Å². The monoisotopic (exact) mass is 480 g/mol. The molecule has 0 spiro atoms. The SMILES string of the molecule is O=C1O[C@H]([C@@H](O)CO)C(OCc2ccccc2)=C1OCc1cc(=O)c(OCc2ccccc2)co1. The zero-order valence-electron chi connectivity index (χ0n) is 18.7. The topological polar surface area (TPSA) is 125 Å². The molecule has 0 saturated heterocycles. The normalized spacial score (nSPS) is 16.1. The fraction of sp³-hybridized carbons (Fsp3) is 0.231. The highest BCUT2D eigenvalue weighted by molar-refractivity contribution is 5.89. The van der Waals surface area contributed by atoms with Crippen LogP contribution in [0.25, 0.3) is 0 Å². The molecule has 4 rings (SSSR count). The van der Waals surface area contributed by atoms with Gasteiger partial charge in [0, 0.05) is 6.07 Å². The molecular formula is C26H24O9. The highest BCUT2D eigenvalue weighted by Gasteiger charge is 2.42. The van der Waals surface area contributed by atoms with Gasteiger partial charge in [-0.1, -0.05) is 60.7 Å². The first kappa shape index (κ1) is 24.1. The van der Waals surface area contributed by atoms with Crippen molar-refractivity contribution in [1.82, 2.24) is 0 Å². The van der Waals surface area contributed by atoms with Crippen molar-refractivity contribution < 1.29 is 38.4 Å². The van der Waals surface area contributed by atoms with Crippen LogP contribution in [0.4, 0.5) is 0 Å². The summed E-state index contributed by atoms with van der Waals surface area (Å²) in [5, 5.41) is 19.4. The zero-order chi connectivity index (χ0) is 24.6. The number of rotatable bonds is 11. The van der Waals surface area contributed by atoms with Crippen molar-refractivity contribution in [2.24, 2.45) is 0 Å². The number of carbonyl (C=O) groups is 1. The maximum Gasteiger partial charge on any atom is 0.378 e. The Bertz CT molecular complexity index is 1220. The molecule has 0 fully saturated rings. The third-order valence-corrected chi connectivity index (χ3v) is 5.12. The van der Waals surface area contributed by atoms with Gasteiger partial charge in [0.05, 0.1) is 6.61 Å². The molecule has 0 radical (unpaired) electrons. The van der Waals surface area contributed by atoms with Crippen molar-refractivity contribution in [2.75, 3.05) is 6.61 Å². The summed E-state index contributed by atoms with van der Waals surface area (Å²) in [6, 6.07) is 19.7. The first-order valence-corrected chi connectivity index (χ1v) is 10.9. The van der Waals surface area contributed by atoms with Crippen LogP contribution in [0.3, 0.4) is 0 Å². The van der Waals surface area contributed by atoms with E-state index in [1.807, 2.05) is 60.7 Å². The lowest BCUT2D eigenvalue weighted by Gasteiger charge is -2.18. The van der Waals surface area contributed by atoms with E-state index in [4.69, 9.17) is 23.4 Å². The average Bonchev–Trinajstić information content (AvgIpc) is 3.21. The predicted molar refractivity (Wildman–Crippen MR) is 122 cm³/mol. The molecule has 1 aliphatic heterocycles. The summed E-state index contributed by atoms with van der Waals surface area (Å²) < 4.78 is 27.4. The first-order chi connectivity index (χ1) is 17.0. The molecule has 9 nitrogen and oxygen atoms in total. The number of esters is 1. The molecule has 2 atom stereocenters. The van der Waals surface area contributed by atoms with E-state index in [2.05, 4.69) is 0 Å². The summed E-state index contributed by atoms with van der Waals surface area (Å²) in [6.45, 7) is -0.644. The van der Waals surface area contributed by atoms with Crippen LogP contribution in [-0.4, -0.2) is 35.0 Å². The lowest BCUT2D eigenvalue weighted by atomic mass is 10.2. The second-order valence-electron chi connectivity index (χ2n) is 7.68. The van der Waals surface area contributed by atoms with Gasteiger partial charge in [0.15, 0.2) is 11.9 Å². The van der Waals surface area contributed by atoms with Gasteiger partial charge < -0.3 is 33.6 Å². The summed E-state index contributed by atoms with van der Waals surface area (Å²) in [4.78, 5) is 24.8. The van der Waals surface area contributed by atoms with Gasteiger partial charge in [-0.15, -0.1) is 0 Å². The molecule has 0 unspecified atom stereocenters. The van der Waals surface area contributed by atoms with E-state index < -0.39 is 30.2 Å². The largest absolute Gasteiger partial charge is 0.485 e. The van der Waals surface area contributed by atoms with E-state index in [1.54, 1.807) is 0 Å². The van der Waals surface area contributed by atoms with Gasteiger partial charge in [-0.25, -0.2) is 4.79 Å². The highest BCUT2D eigenvalue weighted by atomic mass is 16.6. The molecule has 2 N–H and O–H groups in total. The molecule has 3 aromatic rings. The number of aliphatic hydroxyl groups is 2. The van der Waals surface area contributed by atoms with Crippen LogP contribution in [0, 0.1) is 0 Å². The Labute approximate surface area is 200 Å². The summed E-state index contributed by atoms with van der Waals surface area (Å²) >= 11 is 0. The number of benzene rings is 2. The summed E-state index contributed by atoms with van der Waals surface area (Å²) in [6.07, 6.45) is -1.45. The van der Waals surface area contributed by atoms with Gasteiger partial charge in [0.2, 0.25) is 16.9 Å². The van der Waals surface area contributed by atoms with Gasteiger partial charge >= 0.3 is 5.97 Å². The fourth-order valence-corrected chi connectivity index (χ4v) is 3.31. The van der Waals surface area contributed by atoms with Crippen molar-refractivity contribution in [3.8, 4) is 5.75 Å². The number of ether oxygens (including phenoxy) is 4. The van der Waals surface area contributed by atoms with E-state index in [1.165, 1.54) is 12.3 Å². The Morgan fingerprint density at radius 1 is 0.857 bits per heavy atom. The molecule has 182 valence electrons. The molecule has 1 aliphatic rings. The van der Waals surface area contributed by atoms with Crippen molar-refractivity contribution >= 4 is 5.97 Å². The van der Waals surface area contributed by atoms with Gasteiger partial charge in [-0.3, -0.25) is 4.79 Å². The summed E-state index contributed by atoms with van der Waals surface area (Å²) in [5.41, 5.74) is 1.30. The van der Waals surface area contributed by atoms with Crippen molar-refractivity contribution in [1.29, 1.82) is 0 Å². The summed E-state index contributed by atoms with van der Waals surface area (Å²) in [5.74, 6) is -1.02. The Morgan fingerprint density at radius 2 is 1.49 bits per heavy atom. The number of hydrogen-bond donors (Lipinski definition) is 2. The Morgan fingerprint density at radius 3 is 2.09 bits per heavy atom. The minimum Gasteiger partial charge on any atom is -0.485 e. The number of aliphatic hydroxyl groups excluding tert-OH is 2. The van der Waals surface area contributed by atoms with E-state index >= 15 is 0 Å². The standard InChI is InChI=1S/C26H24O9/c27-12-21(29)23-24(33-14-18-9-5-2-6-10-18)25(26(30)35-23)34-15-19-11-20(28)22(16-31-19)32-13-17-7-3-1-4-8-17/h1-11,16,21,23,27,29H,12-15H2/t21-,23+/m0/s1. The molecule has 1 aromatic heterocycles. The van der Waals surface area contributed by atoms with E-state index in [0.29, 0.717) is 0 Å². The minimum atomic E-state index is -1.40. The predicted octanol–water partition coefficient (Wildman–Crippen LogP) is 2.44. The van der Waals surface area contributed by atoms with Crippen LogP contribution in [0.15, 0.2) is 93.7 Å². The van der Waals surface area contributed by atoms with Gasteiger partial charge in [0.1, 0.15) is 37.9 Å². The van der Waals surface area contributed by atoms with Crippen molar-refractivity contribution in [3.05, 3.63) is 112 Å². The average molecular weight is 480 g/mol. The molecule has 0 saturated carbocycles. The molecule has 2 aromatic carbocycles. The van der Waals surface area contributed by atoms with E-state index in [-0.39, 0.29) is 42.8 Å². The Balaban J connectivity index is 1.45. The smallest absolute Gasteiger partial charge is 0.378 e. The molecule has 0 bridgehead atoms. The maximum absolute atomic E-state index is 12.4. The summed E-state index contributed by atoms with van der Waals surface area (Å²) in [7, 11) is 0. The van der Waals surface area contributed by atoms with Crippen LogP contribution in [-0.2, 0) is 38.8 Å². The second kappa shape index (κ2) is 11.4. The van der Waals surface area contributed by atoms with Crippen LogP contribution in [0.2, 0.25) is 0 Å². The number of hydrogen-bond acceptors (Lipinski definition) is 9. The van der Waals surface area contributed by atoms with Crippen LogP contribution < -0.4 is 10.2 Å². The molecule has 0 aliphatic carbocycles. The number of cyclic esters (lactones) is 1. The minimum absolute atomic E-state index is 0.0371. The molecular weight excluding hydrogens is 456 g/mol. The fourth-order valence-electron chi connectivity index (χ4n) is 3.31. The van der Waals surface area contributed by atoms with Gasteiger partial charge in [0.25, 0.3) is 0 Å². The molecule has 0 amide bonds. The first-order valence-electron chi connectivity index (χ1n) is 10.9. The van der Waals surface area contributed by atoms with Gasteiger partial charge in [-0.2, -0.15) is 0 Å². The van der Waals surface area contributed by atoms with Crippen molar-refractivity contribution in [2.45, 2.75) is 32.0 Å². The maximum atomic E-state index is 12.4. The molecule has 9 heteroatoms. The van der Waals surface area contributed by atoms with Crippen LogP contribution >= 0.6 is 0 Å². The third kappa shape index (κ3) is 6.08.